The molecule has 1 aromatic heterocycles. The van der Waals surface area contributed by atoms with Gasteiger partial charge in [0.05, 0.1) is 42.5 Å². The molecule has 4 aliphatic rings. The quantitative estimate of drug-likeness (QED) is 0.0404. The number of allylic oxidation sites excluding steroid dienone is 10. The largest absolute Gasteiger partial charge is 0.507 e. The molecule has 4 fully saturated rings. The Hall–Kier alpha value is -5.06. The minimum Gasteiger partial charge on any atom is -0.507 e. The van der Waals surface area contributed by atoms with E-state index in [9.17, 15) is 60.0 Å². The number of carbonyl (C=O) groups excluding carboxylic acids is 2. The van der Waals surface area contributed by atoms with Gasteiger partial charge in [-0.3, -0.25) is 19.2 Å². The van der Waals surface area contributed by atoms with Gasteiger partial charge < -0.3 is 93.8 Å². The summed E-state index contributed by atoms with van der Waals surface area (Å²) in [5.41, 5.74) is -1.44. The number of aromatic hydroxyl groups is 1. The Kier molecular flexibility index (Phi) is 24.3. The maximum atomic E-state index is 14.1. The lowest BCUT2D eigenvalue weighted by molar-refractivity contribution is -0.395. The SMILES string of the molecule is CC=CC=CC1OC(O)(C(CC)C(=O)NCC=CC=C(C)C(OC)C(C)C2OC(C=CC=CC=C(C)C(=O)c3c(O)cc[nH]c3=O)C(O)C2O)C(O)C(OC2OC(C)C(OC3OC(C)C(OC)C(O)C3OC)C(C(=O)O)C2O)C1(C)C. The van der Waals surface area contributed by atoms with Crippen molar-refractivity contribution in [3.63, 3.8) is 0 Å². The standard InChI is InChI=1S/C58H84N2O21/c1-13-15-17-25-37-57(8,9)51(80-55-42(64)39(54(70)71)47(32(6)76-55)79-56-49(75-12)44(66)48(74-11)33(7)77-56)50(67)58(72,81-37)34(14-2)52(68)59-27-21-20-23-30(4)45(73-10)31(5)46-43(65)41(63)36(78-46)24-19-16-18-22-29(3)40(62)38-35(61)26-28-60-53(38)69/h13,15-26,28,31-34,36-37,39,41-51,55-56,63-67,72H,14,27H2,1-12H3,(H,59,68)(H,70,71)(H2,60,61,69). The monoisotopic (exact) mass is 1140 g/mol. The second-order valence-corrected chi connectivity index (χ2v) is 21.4. The van der Waals surface area contributed by atoms with Crippen LogP contribution in [-0.2, 0) is 52.2 Å². The van der Waals surface area contributed by atoms with E-state index in [-0.39, 0.29) is 24.1 Å². The summed E-state index contributed by atoms with van der Waals surface area (Å²) in [5.74, 6) is -9.49. The van der Waals surface area contributed by atoms with Crippen LogP contribution in [0.4, 0.5) is 0 Å². The van der Waals surface area contributed by atoms with Gasteiger partial charge in [0.25, 0.3) is 5.56 Å². The van der Waals surface area contributed by atoms with E-state index in [4.69, 9.17) is 42.6 Å². The Labute approximate surface area is 472 Å². The number of carboxylic acid groups (broad SMARTS) is 1. The van der Waals surface area contributed by atoms with Crippen molar-refractivity contribution < 1.29 is 97.9 Å². The van der Waals surface area contributed by atoms with Crippen LogP contribution in [0, 0.1) is 23.2 Å². The van der Waals surface area contributed by atoms with E-state index in [0.29, 0.717) is 5.57 Å². The smallest absolute Gasteiger partial charge is 0.312 e. The van der Waals surface area contributed by atoms with Crippen LogP contribution in [0.15, 0.2) is 101 Å². The highest BCUT2D eigenvalue weighted by molar-refractivity contribution is 6.09. The van der Waals surface area contributed by atoms with Gasteiger partial charge in [0, 0.05) is 45.4 Å². The summed E-state index contributed by atoms with van der Waals surface area (Å²) >= 11 is 0. The van der Waals surface area contributed by atoms with Crippen LogP contribution >= 0.6 is 0 Å². The van der Waals surface area contributed by atoms with E-state index < -0.39 is 162 Å². The van der Waals surface area contributed by atoms with Crippen molar-refractivity contribution >= 4 is 17.7 Å². The molecule has 0 bridgehead atoms. The third-order valence-corrected chi connectivity index (χ3v) is 15.6. The van der Waals surface area contributed by atoms with E-state index in [1.807, 2.05) is 0 Å². The van der Waals surface area contributed by atoms with Crippen LogP contribution in [0.3, 0.4) is 0 Å². The third kappa shape index (κ3) is 15.0. The van der Waals surface area contributed by atoms with Gasteiger partial charge in [0.15, 0.2) is 18.4 Å². The Morgan fingerprint density at radius 3 is 2.10 bits per heavy atom. The number of hydrogen-bond acceptors (Lipinski definition) is 20. The molecule has 0 aromatic carbocycles. The number of aliphatic carboxylic acids is 1. The number of aromatic amines is 1. The van der Waals surface area contributed by atoms with Crippen molar-refractivity contribution in [3.8, 4) is 5.75 Å². The average Bonchev–Trinajstić information content (AvgIpc) is 3.71. The van der Waals surface area contributed by atoms with Gasteiger partial charge in [-0.25, -0.2) is 0 Å². The predicted molar refractivity (Wildman–Crippen MR) is 292 cm³/mol. The number of rotatable bonds is 24. The number of Topliss-reactive ketones (excluding diaryl/α,β-unsaturated/α-hetero) is 1. The highest BCUT2D eigenvalue weighted by Gasteiger charge is 2.63. The summed E-state index contributed by atoms with van der Waals surface area (Å²) in [6.07, 6.45) is -0.0601. The minimum absolute atomic E-state index is 0.0414. The molecule has 5 rings (SSSR count). The fourth-order valence-corrected chi connectivity index (χ4v) is 11.0. The van der Waals surface area contributed by atoms with Crippen molar-refractivity contribution in [1.82, 2.24) is 10.3 Å². The van der Waals surface area contributed by atoms with Gasteiger partial charge in [-0.15, -0.1) is 0 Å². The van der Waals surface area contributed by atoms with Crippen LogP contribution in [0.1, 0.15) is 79.1 Å². The van der Waals surface area contributed by atoms with Gasteiger partial charge in [0.1, 0.15) is 72.2 Å². The molecule has 81 heavy (non-hydrogen) atoms. The molecule has 0 spiro atoms. The molecular weight excluding hydrogens is 1060 g/mol. The number of carboxylic acids is 1. The number of carbonyl (C=O) groups is 3. The van der Waals surface area contributed by atoms with Gasteiger partial charge in [-0.1, -0.05) is 101 Å². The van der Waals surface area contributed by atoms with E-state index in [2.05, 4.69) is 10.3 Å². The third-order valence-electron chi connectivity index (χ3n) is 15.6. The predicted octanol–water partition coefficient (Wildman–Crippen LogP) is 2.43. The van der Waals surface area contributed by atoms with Crippen molar-refractivity contribution in [3.05, 3.63) is 112 Å². The van der Waals surface area contributed by atoms with Crippen molar-refractivity contribution in [1.29, 1.82) is 0 Å². The molecule has 4 aliphatic heterocycles. The Balaban J connectivity index is 1.25. The number of aliphatic hydroxyl groups is 6. The Bertz CT molecular complexity index is 2560. The van der Waals surface area contributed by atoms with Crippen molar-refractivity contribution in [2.45, 2.75) is 179 Å². The summed E-state index contributed by atoms with van der Waals surface area (Å²) in [6.45, 7) is 15.0. The molecule has 0 saturated carbocycles. The maximum Gasteiger partial charge on any atom is 0.312 e. The first-order chi connectivity index (χ1) is 38.3. The fourth-order valence-electron chi connectivity index (χ4n) is 11.0. The number of nitrogens with one attached hydrogen (secondary N) is 2. The molecule has 21 atom stereocenters. The molecule has 5 heterocycles. The maximum absolute atomic E-state index is 14.1. The Morgan fingerprint density at radius 1 is 0.827 bits per heavy atom. The zero-order chi connectivity index (χ0) is 60.3. The van der Waals surface area contributed by atoms with E-state index in [1.54, 1.807) is 109 Å². The number of hydrogen-bond donors (Lipinski definition) is 10. The fraction of sp³-hybridized carbons (Fsp3) is 0.621. The summed E-state index contributed by atoms with van der Waals surface area (Å²) in [4.78, 5) is 54.2. The second kappa shape index (κ2) is 29.5. The Morgan fingerprint density at radius 2 is 1.48 bits per heavy atom. The number of amides is 1. The minimum atomic E-state index is -2.62. The van der Waals surface area contributed by atoms with Gasteiger partial charge in [-0.2, -0.15) is 0 Å². The molecule has 4 saturated heterocycles. The highest BCUT2D eigenvalue weighted by atomic mass is 16.7. The lowest BCUT2D eigenvalue weighted by Crippen LogP contribution is -2.71. The zero-order valence-electron chi connectivity index (χ0n) is 47.9. The average molecular weight is 1150 g/mol. The van der Waals surface area contributed by atoms with E-state index >= 15 is 0 Å². The second-order valence-electron chi connectivity index (χ2n) is 21.4. The molecule has 21 unspecified atom stereocenters. The van der Waals surface area contributed by atoms with Crippen molar-refractivity contribution in [2.75, 3.05) is 27.9 Å². The van der Waals surface area contributed by atoms with Crippen molar-refractivity contribution in [2.24, 2.45) is 23.2 Å². The van der Waals surface area contributed by atoms with Gasteiger partial charge >= 0.3 is 5.97 Å². The number of ether oxygens (including phenoxy) is 9. The number of aromatic nitrogens is 1. The molecule has 1 aromatic rings. The molecule has 1 amide bonds. The van der Waals surface area contributed by atoms with E-state index in [0.717, 1.165) is 0 Å². The lowest BCUT2D eigenvalue weighted by atomic mass is 9.70. The molecule has 452 valence electrons. The topological polar surface area (TPSA) is 341 Å². The summed E-state index contributed by atoms with van der Waals surface area (Å²) in [7, 11) is 4.21. The first-order valence-electron chi connectivity index (χ1n) is 27.0. The van der Waals surface area contributed by atoms with E-state index in [1.165, 1.54) is 59.6 Å². The number of H-pyrrole nitrogens is 1. The zero-order valence-corrected chi connectivity index (χ0v) is 47.9. The summed E-state index contributed by atoms with van der Waals surface area (Å²) in [6, 6.07) is 1.21. The molecule has 23 nitrogen and oxygen atoms in total. The molecule has 0 radical (unpaired) electrons. The molecule has 10 N–H and O–H groups in total. The lowest BCUT2D eigenvalue weighted by Gasteiger charge is -2.55. The summed E-state index contributed by atoms with van der Waals surface area (Å²) in [5, 5.41) is 92.7. The number of pyridine rings is 1. The normalized spacial score (nSPS) is 36.2. The highest BCUT2D eigenvalue weighted by Crippen LogP contribution is 2.48. The van der Waals surface area contributed by atoms with Crippen LogP contribution in [0.25, 0.3) is 0 Å². The number of methoxy groups -OCH3 is 3. The molecule has 23 heteroatoms. The first kappa shape index (κ1) is 66.7. The molecular formula is C58H84N2O21. The number of ketones is 1. The summed E-state index contributed by atoms with van der Waals surface area (Å²) < 4.78 is 53.7. The van der Waals surface area contributed by atoms with Crippen LogP contribution in [-0.4, -0.2) is 201 Å². The van der Waals surface area contributed by atoms with Crippen LogP contribution in [0.5, 0.6) is 5.75 Å². The molecule has 0 aliphatic carbocycles. The van der Waals surface area contributed by atoms with Gasteiger partial charge in [0.2, 0.25) is 11.7 Å². The van der Waals surface area contributed by atoms with Gasteiger partial charge in [-0.05, 0) is 58.3 Å². The number of aliphatic hydroxyl groups excluding tert-OH is 5. The van der Waals surface area contributed by atoms with Crippen LogP contribution in [0.2, 0.25) is 0 Å². The first-order valence-corrected chi connectivity index (χ1v) is 27.0. The van der Waals surface area contributed by atoms with Crippen LogP contribution < -0.4 is 10.9 Å².